The van der Waals surface area contributed by atoms with Gasteiger partial charge >= 0.3 is 7.12 Å². The third kappa shape index (κ3) is 3.40. The van der Waals surface area contributed by atoms with E-state index in [4.69, 9.17) is 0 Å². The smallest absolute Gasteiger partial charge is 0.423 e. The normalized spacial score (nSPS) is 16.8. The summed E-state index contributed by atoms with van der Waals surface area (Å²) in [6.45, 7) is 0.698. The first-order chi connectivity index (χ1) is 12.1. The number of benzene rings is 2. The number of fused-ring (bicyclic) bond motifs is 3. The zero-order valence-electron chi connectivity index (χ0n) is 13.8. The zero-order chi connectivity index (χ0) is 17.4. The van der Waals surface area contributed by atoms with Crippen molar-refractivity contribution in [2.75, 3.05) is 0 Å². The van der Waals surface area contributed by atoms with Crippen LogP contribution in [0.3, 0.4) is 0 Å². The second kappa shape index (κ2) is 6.96. The van der Waals surface area contributed by atoms with Crippen molar-refractivity contribution in [3.63, 3.8) is 0 Å². The van der Waals surface area contributed by atoms with E-state index in [1.165, 1.54) is 28.6 Å². The predicted octanol–water partition coefficient (Wildman–Crippen LogP) is 2.78. The van der Waals surface area contributed by atoms with Crippen LogP contribution in [0.1, 0.15) is 35.7 Å². The number of halogens is 1. The summed E-state index contributed by atoms with van der Waals surface area (Å²) in [5, 5.41) is 23.6. The topological polar surface area (TPSA) is 68.3 Å². The third-order valence-corrected chi connectivity index (χ3v) is 5.46. The molecular formula is C19H20BBrN2O2. The van der Waals surface area contributed by atoms with Crippen molar-refractivity contribution in [1.82, 2.24) is 10.3 Å². The Morgan fingerprint density at radius 3 is 2.92 bits per heavy atom. The number of aryl methyl sites for hydroxylation is 1. The summed E-state index contributed by atoms with van der Waals surface area (Å²) in [6.07, 6.45) is 3.37. The van der Waals surface area contributed by atoms with Crippen LogP contribution < -0.4 is 10.8 Å². The quantitative estimate of drug-likeness (QED) is 0.511. The van der Waals surface area contributed by atoms with Gasteiger partial charge in [-0.3, -0.25) is 0 Å². The van der Waals surface area contributed by atoms with Gasteiger partial charge < -0.3 is 20.3 Å². The number of hydrogen-bond acceptors (Lipinski definition) is 3. The maximum atomic E-state index is 9.32. The van der Waals surface area contributed by atoms with Crippen LogP contribution in [-0.4, -0.2) is 22.2 Å². The minimum atomic E-state index is -1.42. The lowest BCUT2D eigenvalue weighted by Crippen LogP contribution is -2.31. The monoisotopic (exact) mass is 398 g/mol. The van der Waals surface area contributed by atoms with E-state index in [0.717, 1.165) is 22.9 Å². The van der Waals surface area contributed by atoms with Gasteiger partial charge in [-0.25, -0.2) is 0 Å². The Kier molecular flexibility index (Phi) is 4.69. The number of aromatic nitrogens is 1. The Labute approximate surface area is 155 Å². The molecular weight excluding hydrogens is 379 g/mol. The largest absolute Gasteiger partial charge is 0.488 e. The molecule has 128 valence electrons. The van der Waals surface area contributed by atoms with E-state index in [9.17, 15) is 10.0 Å². The molecule has 0 radical (unpaired) electrons. The zero-order valence-corrected chi connectivity index (χ0v) is 15.4. The van der Waals surface area contributed by atoms with Crippen LogP contribution in [-0.2, 0) is 13.0 Å². The molecule has 0 aliphatic heterocycles. The highest BCUT2D eigenvalue weighted by Gasteiger charge is 2.24. The Morgan fingerprint density at radius 2 is 2.08 bits per heavy atom. The first kappa shape index (κ1) is 16.9. The molecule has 4 N–H and O–H groups in total. The summed E-state index contributed by atoms with van der Waals surface area (Å²) in [5.74, 6) is 0. The lowest BCUT2D eigenvalue weighted by Gasteiger charge is -2.24. The Bertz CT molecular complexity index is 910. The average molecular weight is 399 g/mol. The van der Waals surface area contributed by atoms with Gasteiger partial charge in [-0.05, 0) is 54.1 Å². The summed E-state index contributed by atoms with van der Waals surface area (Å²) in [6, 6.07) is 14.1. The first-order valence-corrected chi connectivity index (χ1v) is 9.39. The molecule has 4 rings (SSSR count). The molecule has 0 saturated heterocycles. The summed E-state index contributed by atoms with van der Waals surface area (Å²) >= 11 is 3.57. The Hall–Kier alpha value is -1.60. The Morgan fingerprint density at radius 1 is 1.20 bits per heavy atom. The molecule has 0 bridgehead atoms. The second-order valence-electron chi connectivity index (χ2n) is 6.65. The minimum Gasteiger partial charge on any atom is -0.423 e. The highest BCUT2D eigenvalue weighted by Crippen LogP contribution is 2.35. The minimum absolute atomic E-state index is 0.289. The molecule has 4 nitrogen and oxygen atoms in total. The van der Waals surface area contributed by atoms with E-state index in [0.29, 0.717) is 12.0 Å². The standard InChI is InChI=1S/C19H20BBrN2O2/c21-14-7-8-17-16(10-14)15-5-2-6-18(19(15)23-17)22-11-12-3-1-4-13(9-12)20(24)25/h1,3-4,7-10,18,22-25H,2,5-6,11H2/t18-/m1/s1. The molecule has 0 spiro atoms. The molecule has 0 amide bonds. The molecule has 1 atom stereocenters. The lowest BCUT2D eigenvalue weighted by atomic mass is 9.79. The van der Waals surface area contributed by atoms with Crippen LogP contribution in [0.25, 0.3) is 10.9 Å². The maximum absolute atomic E-state index is 9.32. The van der Waals surface area contributed by atoms with E-state index in [1.807, 2.05) is 18.2 Å². The van der Waals surface area contributed by atoms with Crippen molar-refractivity contribution < 1.29 is 10.0 Å². The SMILES string of the molecule is OB(O)c1cccc(CN[C@@H]2CCCc3c2[nH]c2ccc(Br)cc32)c1. The molecule has 0 saturated carbocycles. The molecule has 0 fully saturated rings. The van der Waals surface area contributed by atoms with Gasteiger partial charge in [-0.1, -0.05) is 40.2 Å². The fourth-order valence-electron chi connectivity index (χ4n) is 3.74. The lowest BCUT2D eigenvalue weighted by molar-refractivity contribution is 0.425. The van der Waals surface area contributed by atoms with Crippen LogP contribution >= 0.6 is 15.9 Å². The highest BCUT2D eigenvalue weighted by atomic mass is 79.9. The van der Waals surface area contributed by atoms with Crippen molar-refractivity contribution >= 4 is 39.4 Å². The molecule has 6 heteroatoms. The maximum Gasteiger partial charge on any atom is 0.488 e. The Balaban J connectivity index is 1.57. The van der Waals surface area contributed by atoms with E-state index in [1.54, 1.807) is 6.07 Å². The summed E-state index contributed by atoms with van der Waals surface area (Å²) in [4.78, 5) is 3.60. The first-order valence-electron chi connectivity index (χ1n) is 8.60. The van der Waals surface area contributed by atoms with Gasteiger partial charge in [0.1, 0.15) is 0 Å². The summed E-state index contributed by atoms with van der Waals surface area (Å²) < 4.78 is 1.11. The van der Waals surface area contributed by atoms with Gasteiger partial charge in [0.2, 0.25) is 0 Å². The van der Waals surface area contributed by atoms with Crippen LogP contribution in [0.4, 0.5) is 0 Å². The van der Waals surface area contributed by atoms with Gasteiger partial charge in [0, 0.05) is 33.7 Å². The molecule has 25 heavy (non-hydrogen) atoms. The fourth-order valence-corrected chi connectivity index (χ4v) is 4.10. The van der Waals surface area contributed by atoms with Crippen LogP contribution in [0.15, 0.2) is 46.9 Å². The number of rotatable bonds is 4. The molecule has 3 aromatic rings. The molecule has 0 unspecified atom stereocenters. The van der Waals surface area contributed by atoms with Crippen molar-refractivity contribution in [2.45, 2.75) is 31.8 Å². The number of aromatic amines is 1. The van der Waals surface area contributed by atoms with Crippen molar-refractivity contribution in [3.05, 3.63) is 63.8 Å². The van der Waals surface area contributed by atoms with Gasteiger partial charge in [-0.2, -0.15) is 0 Å². The summed E-state index contributed by atoms with van der Waals surface area (Å²) in [7, 11) is -1.42. The molecule has 1 aliphatic rings. The van der Waals surface area contributed by atoms with Gasteiger partial charge in [0.05, 0.1) is 0 Å². The van der Waals surface area contributed by atoms with Crippen molar-refractivity contribution in [2.24, 2.45) is 0 Å². The molecule has 1 aliphatic carbocycles. The molecule has 2 aromatic carbocycles. The number of hydrogen-bond donors (Lipinski definition) is 4. The predicted molar refractivity (Wildman–Crippen MR) is 105 cm³/mol. The highest BCUT2D eigenvalue weighted by molar-refractivity contribution is 9.10. The van der Waals surface area contributed by atoms with E-state index in [2.05, 4.69) is 44.4 Å². The fraction of sp³-hybridized carbons (Fsp3) is 0.263. The van der Waals surface area contributed by atoms with Crippen molar-refractivity contribution in [1.29, 1.82) is 0 Å². The van der Waals surface area contributed by atoms with E-state index >= 15 is 0 Å². The summed E-state index contributed by atoms with van der Waals surface area (Å²) in [5.41, 5.74) is 5.47. The van der Waals surface area contributed by atoms with Gasteiger partial charge in [0.25, 0.3) is 0 Å². The van der Waals surface area contributed by atoms with Crippen LogP contribution in [0.2, 0.25) is 0 Å². The van der Waals surface area contributed by atoms with Gasteiger partial charge in [-0.15, -0.1) is 0 Å². The van der Waals surface area contributed by atoms with Gasteiger partial charge in [0.15, 0.2) is 0 Å². The van der Waals surface area contributed by atoms with Crippen molar-refractivity contribution in [3.8, 4) is 0 Å². The van der Waals surface area contributed by atoms with E-state index in [-0.39, 0.29) is 6.04 Å². The average Bonchev–Trinajstić information content (AvgIpc) is 2.98. The van der Waals surface area contributed by atoms with Crippen LogP contribution in [0.5, 0.6) is 0 Å². The molecule has 1 aromatic heterocycles. The third-order valence-electron chi connectivity index (χ3n) is 4.97. The van der Waals surface area contributed by atoms with Crippen LogP contribution in [0, 0.1) is 0 Å². The number of nitrogens with one attached hydrogen (secondary N) is 2. The van der Waals surface area contributed by atoms with E-state index < -0.39 is 7.12 Å². The number of H-pyrrole nitrogens is 1. The molecule has 1 heterocycles. The second-order valence-corrected chi connectivity index (χ2v) is 7.57.